The van der Waals surface area contributed by atoms with E-state index in [1.807, 2.05) is 13.8 Å². The fourth-order valence-electron chi connectivity index (χ4n) is 3.20. The van der Waals surface area contributed by atoms with E-state index in [4.69, 9.17) is 27.9 Å². The number of carbonyl (C=O) groups is 1. The first-order chi connectivity index (χ1) is 14.1. The number of methoxy groups -OCH3 is 1. The van der Waals surface area contributed by atoms with Gasteiger partial charge < -0.3 is 14.4 Å². The van der Waals surface area contributed by atoms with Gasteiger partial charge in [-0.25, -0.2) is 14.6 Å². The number of fused-ring (bicyclic) bond motifs is 1. The first-order valence-electron chi connectivity index (χ1n) is 8.97. The largest absolute Gasteiger partial charge is 0.465 e. The Kier molecular flexibility index (Phi) is 6.42. The average molecular weight is 475 g/mol. The lowest BCUT2D eigenvalue weighted by molar-refractivity contribution is 0.0602. The molecule has 0 aliphatic heterocycles. The molecule has 9 nitrogen and oxygen atoms in total. The van der Waals surface area contributed by atoms with Crippen molar-refractivity contribution in [2.75, 3.05) is 7.11 Å². The van der Waals surface area contributed by atoms with Crippen LogP contribution in [0.4, 0.5) is 0 Å². The van der Waals surface area contributed by atoms with Crippen molar-refractivity contribution >= 4 is 50.7 Å². The molecule has 0 aliphatic carbocycles. The van der Waals surface area contributed by atoms with Crippen molar-refractivity contribution in [2.24, 2.45) is 13.0 Å². The molecule has 12 heteroatoms. The molecule has 0 atom stereocenters. The smallest absolute Gasteiger partial charge is 0.339 e. The molecule has 162 valence electrons. The fourth-order valence-corrected chi connectivity index (χ4v) is 4.87. The number of hydrogen-bond acceptors (Lipinski definition) is 7. The Labute approximate surface area is 185 Å². The molecule has 30 heavy (non-hydrogen) atoms. The number of aliphatic hydroxyl groups excluding tert-OH is 1. The zero-order valence-corrected chi connectivity index (χ0v) is 19.1. The van der Waals surface area contributed by atoms with E-state index in [0.29, 0.717) is 16.3 Å². The van der Waals surface area contributed by atoms with Crippen LogP contribution in [-0.4, -0.2) is 36.9 Å². The van der Waals surface area contributed by atoms with Gasteiger partial charge in [0, 0.05) is 18.5 Å². The van der Waals surface area contributed by atoms with Crippen LogP contribution in [0.3, 0.4) is 0 Å². The quantitative estimate of drug-likeness (QED) is 0.548. The number of nitrogens with zero attached hydrogens (tertiary/aromatic N) is 4. The Balaban J connectivity index is 2.38. The van der Waals surface area contributed by atoms with Crippen molar-refractivity contribution < 1.29 is 14.6 Å². The molecule has 3 aromatic rings. The minimum Gasteiger partial charge on any atom is -0.465 e. The van der Waals surface area contributed by atoms with Crippen molar-refractivity contribution in [3.63, 3.8) is 0 Å². The van der Waals surface area contributed by atoms with Crippen molar-refractivity contribution in [2.45, 2.75) is 33.5 Å². The summed E-state index contributed by atoms with van der Waals surface area (Å²) in [6, 6.07) is 0. The van der Waals surface area contributed by atoms with Crippen LogP contribution in [0.25, 0.3) is 10.2 Å². The van der Waals surface area contributed by atoms with Crippen molar-refractivity contribution in [1.82, 2.24) is 18.7 Å². The first-order valence-corrected chi connectivity index (χ1v) is 10.5. The normalized spacial score (nSPS) is 11.6. The summed E-state index contributed by atoms with van der Waals surface area (Å²) < 4.78 is 8.82. The van der Waals surface area contributed by atoms with E-state index in [9.17, 15) is 19.5 Å². The van der Waals surface area contributed by atoms with Crippen LogP contribution in [0.15, 0.2) is 9.59 Å². The van der Waals surface area contributed by atoms with Crippen LogP contribution in [0.2, 0.25) is 10.3 Å². The summed E-state index contributed by atoms with van der Waals surface area (Å²) in [5.74, 6) is -0.389. The number of imidazole rings is 1. The third-order valence-electron chi connectivity index (χ3n) is 4.57. The molecule has 1 N–H and O–H groups in total. The van der Waals surface area contributed by atoms with Gasteiger partial charge in [0.25, 0.3) is 5.56 Å². The number of esters is 1. The van der Waals surface area contributed by atoms with Crippen molar-refractivity contribution in [1.29, 1.82) is 0 Å². The number of halogens is 2. The molecule has 0 aliphatic rings. The molecule has 0 radical (unpaired) electrons. The zero-order chi connectivity index (χ0) is 22.3. The molecule has 0 aromatic carbocycles. The molecule has 0 bridgehead atoms. The van der Waals surface area contributed by atoms with Gasteiger partial charge in [-0.3, -0.25) is 13.9 Å². The van der Waals surface area contributed by atoms with E-state index in [2.05, 4.69) is 4.98 Å². The van der Waals surface area contributed by atoms with Gasteiger partial charge in [-0.1, -0.05) is 37.0 Å². The van der Waals surface area contributed by atoms with Crippen LogP contribution in [0.5, 0.6) is 0 Å². The minimum atomic E-state index is -0.712. The predicted molar refractivity (Wildman–Crippen MR) is 115 cm³/mol. The molecular formula is C18H20Cl2N4O5S. The monoisotopic (exact) mass is 474 g/mol. The SMILES string of the molecule is COC(=O)c1c(Cn2c(CO)nc(Cl)c2Cl)sc2c1c(=O)n(C)c(=O)n2CC(C)C. The van der Waals surface area contributed by atoms with Gasteiger partial charge >= 0.3 is 11.7 Å². The highest BCUT2D eigenvalue weighted by Gasteiger charge is 2.27. The maximum Gasteiger partial charge on any atom is 0.339 e. The summed E-state index contributed by atoms with van der Waals surface area (Å²) in [5, 5.41) is 9.77. The van der Waals surface area contributed by atoms with Crippen LogP contribution >= 0.6 is 34.5 Å². The van der Waals surface area contributed by atoms with Gasteiger partial charge in [0.15, 0.2) is 5.15 Å². The summed E-state index contributed by atoms with van der Waals surface area (Å²) in [7, 11) is 2.58. The first kappa shape index (κ1) is 22.5. The summed E-state index contributed by atoms with van der Waals surface area (Å²) >= 11 is 13.3. The number of thiophene rings is 1. The molecule has 0 saturated carbocycles. The van der Waals surface area contributed by atoms with E-state index < -0.39 is 23.8 Å². The minimum absolute atomic E-state index is 0.00840. The maximum atomic E-state index is 12.9. The van der Waals surface area contributed by atoms with E-state index in [0.717, 1.165) is 15.9 Å². The molecule has 0 amide bonds. The Morgan fingerprint density at radius 2 is 1.93 bits per heavy atom. The summed E-state index contributed by atoms with van der Waals surface area (Å²) in [6.45, 7) is 3.84. The Bertz CT molecular complexity index is 1250. The second-order valence-electron chi connectivity index (χ2n) is 7.08. The predicted octanol–water partition coefficient (Wildman–Crippen LogP) is 2.25. The molecule has 3 heterocycles. The van der Waals surface area contributed by atoms with Crippen LogP contribution in [-0.2, 0) is 31.5 Å². The molecule has 0 unspecified atom stereocenters. The highest BCUT2D eigenvalue weighted by Crippen LogP contribution is 2.32. The second kappa shape index (κ2) is 8.54. The summed E-state index contributed by atoms with van der Waals surface area (Å²) in [6.07, 6.45) is 0. The van der Waals surface area contributed by atoms with Crippen LogP contribution < -0.4 is 11.2 Å². The van der Waals surface area contributed by atoms with Gasteiger partial charge in [-0.05, 0) is 5.92 Å². The Hall–Kier alpha value is -2.14. The van der Waals surface area contributed by atoms with Gasteiger partial charge in [0.05, 0.1) is 24.6 Å². The molecule has 0 spiro atoms. The third-order valence-corrected chi connectivity index (χ3v) is 6.51. The number of hydrogen-bond donors (Lipinski definition) is 1. The highest BCUT2D eigenvalue weighted by molar-refractivity contribution is 7.19. The number of carbonyl (C=O) groups excluding carboxylic acids is 1. The highest BCUT2D eigenvalue weighted by atomic mass is 35.5. The molecule has 0 fully saturated rings. The summed E-state index contributed by atoms with van der Waals surface area (Å²) in [4.78, 5) is 43.1. The number of aromatic nitrogens is 4. The van der Waals surface area contributed by atoms with Crippen molar-refractivity contribution in [3.05, 3.63) is 47.4 Å². The Morgan fingerprint density at radius 1 is 1.27 bits per heavy atom. The third kappa shape index (κ3) is 3.68. The molecule has 0 saturated heterocycles. The van der Waals surface area contributed by atoms with E-state index in [1.54, 1.807) is 0 Å². The Morgan fingerprint density at radius 3 is 2.50 bits per heavy atom. The van der Waals surface area contributed by atoms with Gasteiger partial charge in [0.1, 0.15) is 22.4 Å². The fraction of sp³-hybridized carbons (Fsp3) is 0.444. The van der Waals surface area contributed by atoms with Crippen molar-refractivity contribution in [3.8, 4) is 0 Å². The number of aliphatic hydroxyl groups is 1. The van der Waals surface area contributed by atoms with Gasteiger partial charge in [-0.15, -0.1) is 11.3 Å². The van der Waals surface area contributed by atoms with Crippen LogP contribution in [0, 0.1) is 5.92 Å². The topological polar surface area (TPSA) is 108 Å². The van der Waals surface area contributed by atoms with Gasteiger partial charge in [0.2, 0.25) is 0 Å². The second-order valence-corrected chi connectivity index (χ2v) is 8.88. The lowest BCUT2D eigenvalue weighted by Crippen LogP contribution is -2.38. The molecular weight excluding hydrogens is 455 g/mol. The number of ether oxygens (including phenoxy) is 1. The van der Waals surface area contributed by atoms with E-state index in [1.165, 1.54) is 23.3 Å². The lowest BCUT2D eigenvalue weighted by atomic mass is 10.1. The summed E-state index contributed by atoms with van der Waals surface area (Å²) in [5.41, 5.74) is -0.999. The molecule has 3 rings (SSSR count). The average Bonchev–Trinajstić information content (AvgIpc) is 3.21. The molecule has 3 aromatic heterocycles. The van der Waals surface area contributed by atoms with E-state index in [-0.39, 0.29) is 39.5 Å². The van der Waals surface area contributed by atoms with E-state index >= 15 is 0 Å². The standard InChI is InChI=1S/C18H20Cl2N4O5S/c1-8(2)5-24-16-12(15(26)22(3)18(24)28)11(17(27)29-4)9(30-16)6-23-10(7-25)21-13(19)14(23)20/h8,25H,5-7H2,1-4H3. The maximum absolute atomic E-state index is 12.9. The zero-order valence-electron chi connectivity index (χ0n) is 16.7. The number of rotatable bonds is 6. The van der Waals surface area contributed by atoms with Gasteiger partial charge in [-0.2, -0.15) is 0 Å². The van der Waals surface area contributed by atoms with Crippen LogP contribution in [0.1, 0.15) is 34.9 Å². The lowest BCUT2D eigenvalue weighted by Gasteiger charge is -2.11.